The predicted octanol–water partition coefficient (Wildman–Crippen LogP) is 4.33. The van der Waals surface area contributed by atoms with Crippen LogP contribution in [0.5, 0.6) is 0 Å². The molecule has 0 radical (unpaired) electrons. The van der Waals surface area contributed by atoms with Crippen molar-refractivity contribution in [1.82, 2.24) is 5.32 Å². The molecule has 1 heterocycles. The summed E-state index contributed by atoms with van der Waals surface area (Å²) in [6.45, 7) is 0.694. The molecule has 1 N–H and O–H groups in total. The number of benzene rings is 1. The molecule has 94 valence electrons. The molecule has 1 aromatic rings. The third-order valence-corrected chi connectivity index (χ3v) is 3.97. The van der Waals surface area contributed by atoms with Crippen LogP contribution in [0.25, 0.3) is 0 Å². The molecular formula is C11H10BrClF3N. The fourth-order valence-electron chi connectivity index (χ4n) is 2.03. The maximum absolute atomic E-state index is 13.8. The molecule has 2 rings (SSSR count). The number of piperidine rings is 1. The second-order valence-electron chi connectivity index (χ2n) is 3.99. The highest BCUT2D eigenvalue weighted by Gasteiger charge is 2.28. The monoisotopic (exact) mass is 327 g/mol. The van der Waals surface area contributed by atoms with Crippen molar-refractivity contribution < 1.29 is 13.2 Å². The van der Waals surface area contributed by atoms with E-state index in [4.69, 9.17) is 11.6 Å². The Balaban J connectivity index is 2.52. The molecule has 1 atom stereocenters. The van der Waals surface area contributed by atoms with E-state index in [2.05, 4.69) is 21.2 Å². The van der Waals surface area contributed by atoms with Crippen LogP contribution < -0.4 is 5.32 Å². The number of rotatable bonds is 1. The summed E-state index contributed by atoms with van der Waals surface area (Å²) in [7, 11) is 0. The Hall–Kier alpha value is -0.260. The van der Waals surface area contributed by atoms with E-state index in [-0.39, 0.29) is 10.6 Å². The molecule has 6 heteroatoms. The van der Waals surface area contributed by atoms with Gasteiger partial charge < -0.3 is 5.32 Å². The standard InChI is InChI=1S/C11H10BrClF3N/c12-7-10(15)8(13)6(9(14)11(7)16)5-3-1-2-4-17-5/h5,17H,1-4H2. The van der Waals surface area contributed by atoms with Gasteiger partial charge in [0.15, 0.2) is 17.5 Å². The summed E-state index contributed by atoms with van der Waals surface area (Å²) < 4.78 is 40.2. The fourth-order valence-corrected chi connectivity index (χ4v) is 2.82. The molecule has 1 fully saturated rings. The van der Waals surface area contributed by atoms with Crippen LogP contribution >= 0.6 is 27.5 Å². The SMILES string of the molecule is Fc1c(F)c(C2CCCCN2)c(Cl)c(F)c1Br. The zero-order chi connectivity index (χ0) is 12.6. The summed E-state index contributed by atoms with van der Waals surface area (Å²) in [5.41, 5.74) is -0.107. The molecule has 1 aromatic carbocycles. The minimum Gasteiger partial charge on any atom is -0.310 e. The highest BCUT2D eigenvalue weighted by molar-refractivity contribution is 9.10. The average molecular weight is 329 g/mol. The Labute approximate surface area is 110 Å². The average Bonchev–Trinajstić information content (AvgIpc) is 2.36. The summed E-state index contributed by atoms with van der Waals surface area (Å²) in [4.78, 5) is 0. The van der Waals surface area contributed by atoms with Crippen molar-refractivity contribution >= 4 is 27.5 Å². The van der Waals surface area contributed by atoms with Gasteiger partial charge in [-0.3, -0.25) is 0 Å². The predicted molar refractivity (Wildman–Crippen MR) is 63.6 cm³/mol. The molecule has 0 bridgehead atoms. The van der Waals surface area contributed by atoms with Gasteiger partial charge in [-0.15, -0.1) is 0 Å². The topological polar surface area (TPSA) is 12.0 Å². The molecule has 0 aromatic heterocycles. The third-order valence-electron chi connectivity index (χ3n) is 2.90. The highest BCUT2D eigenvalue weighted by atomic mass is 79.9. The minimum absolute atomic E-state index is 0.107. The van der Waals surface area contributed by atoms with Crippen molar-refractivity contribution in [2.24, 2.45) is 0 Å². The maximum atomic E-state index is 13.8. The quantitative estimate of drug-likeness (QED) is 0.597. The van der Waals surface area contributed by atoms with Crippen molar-refractivity contribution in [1.29, 1.82) is 0 Å². The Morgan fingerprint density at radius 1 is 1.12 bits per heavy atom. The zero-order valence-electron chi connectivity index (χ0n) is 8.80. The van der Waals surface area contributed by atoms with E-state index >= 15 is 0 Å². The van der Waals surface area contributed by atoms with Gasteiger partial charge in [-0.1, -0.05) is 18.0 Å². The molecule has 1 aliphatic rings. The van der Waals surface area contributed by atoms with Gasteiger partial charge in [0.05, 0.1) is 9.50 Å². The van der Waals surface area contributed by atoms with Gasteiger partial charge in [0.1, 0.15) is 0 Å². The van der Waals surface area contributed by atoms with Crippen molar-refractivity contribution in [2.75, 3.05) is 6.54 Å². The molecule has 0 aliphatic carbocycles. The van der Waals surface area contributed by atoms with E-state index in [1.807, 2.05) is 0 Å². The first-order valence-electron chi connectivity index (χ1n) is 5.28. The van der Waals surface area contributed by atoms with Crippen LogP contribution in [0.3, 0.4) is 0 Å². The first kappa shape index (κ1) is 13.2. The van der Waals surface area contributed by atoms with Gasteiger partial charge >= 0.3 is 0 Å². The van der Waals surface area contributed by atoms with Crippen LogP contribution in [0.15, 0.2) is 4.47 Å². The third kappa shape index (κ3) is 2.33. The second-order valence-corrected chi connectivity index (χ2v) is 5.16. The van der Waals surface area contributed by atoms with E-state index in [0.717, 1.165) is 12.8 Å². The van der Waals surface area contributed by atoms with Crippen molar-refractivity contribution in [3.05, 3.63) is 32.5 Å². The van der Waals surface area contributed by atoms with Crippen LogP contribution in [-0.2, 0) is 0 Å². The summed E-state index contributed by atoms with van der Waals surface area (Å²) in [5, 5.41) is 2.67. The molecule has 17 heavy (non-hydrogen) atoms. The molecule has 0 amide bonds. The molecule has 1 unspecified atom stereocenters. The molecule has 1 aliphatic heterocycles. The molecule has 0 spiro atoms. The largest absolute Gasteiger partial charge is 0.310 e. The molecule has 0 saturated carbocycles. The van der Waals surface area contributed by atoms with E-state index in [1.165, 1.54) is 0 Å². The van der Waals surface area contributed by atoms with Crippen molar-refractivity contribution in [3.8, 4) is 0 Å². The van der Waals surface area contributed by atoms with Crippen LogP contribution in [0.2, 0.25) is 5.02 Å². The van der Waals surface area contributed by atoms with Gasteiger partial charge in [0.25, 0.3) is 0 Å². The number of hydrogen-bond acceptors (Lipinski definition) is 1. The van der Waals surface area contributed by atoms with Gasteiger partial charge in [0.2, 0.25) is 0 Å². The van der Waals surface area contributed by atoms with Gasteiger partial charge in [0, 0.05) is 11.6 Å². The van der Waals surface area contributed by atoms with Gasteiger partial charge in [-0.05, 0) is 35.3 Å². The number of hydrogen-bond donors (Lipinski definition) is 1. The number of halogens is 5. The summed E-state index contributed by atoms with van der Waals surface area (Å²) in [5.74, 6) is -3.26. The Morgan fingerprint density at radius 3 is 2.41 bits per heavy atom. The first-order chi connectivity index (χ1) is 8.04. The molecular weight excluding hydrogens is 318 g/mol. The number of nitrogens with one attached hydrogen (secondary N) is 1. The van der Waals surface area contributed by atoms with Crippen molar-refractivity contribution in [3.63, 3.8) is 0 Å². The fraction of sp³-hybridized carbons (Fsp3) is 0.455. The van der Waals surface area contributed by atoms with E-state index in [1.54, 1.807) is 0 Å². The van der Waals surface area contributed by atoms with Gasteiger partial charge in [-0.2, -0.15) is 0 Å². The van der Waals surface area contributed by atoms with Crippen LogP contribution in [-0.4, -0.2) is 6.54 Å². The van der Waals surface area contributed by atoms with Gasteiger partial charge in [-0.25, -0.2) is 13.2 Å². The van der Waals surface area contributed by atoms with E-state index < -0.39 is 28.0 Å². The summed E-state index contributed by atoms with van der Waals surface area (Å²) in [6.07, 6.45) is 2.47. The summed E-state index contributed by atoms with van der Waals surface area (Å²) in [6, 6.07) is -0.423. The van der Waals surface area contributed by atoms with E-state index in [0.29, 0.717) is 13.0 Å². The second kappa shape index (κ2) is 5.16. The lowest BCUT2D eigenvalue weighted by molar-refractivity contribution is 0.386. The van der Waals surface area contributed by atoms with Crippen LogP contribution in [0.1, 0.15) is 30.9 Å². The zero-order valence-corrected chi connectivity index (χ0v) is 11.1. The lowest BCUT2D eigenvalue weighted by Crippen LogP contribution is -2.28. The van der Waals surface area contributed by atoms with Crippen LogP contribution in [0.4, 0.5) is 13.2 Å². The van der Waals surface area contributed by atoms with Crippen LogP contribution in [0, 0.1) is 17.5 Å². The smallest absolute Gasteiger partial charge is 0.176 e. The Morgan fingerprint density at radius 2 is 1.82 bits per heavy atom. The minimum atomic E-state index is -1.23. The summed E-state index contributed by atoms with van der Waals surface area (Å²) >= 11 is 8.40. The lowest BCUT2D eigenvalue weighted by atomic mass is 9.96. The first-order valence-corrected chi connectivity index (χ1v) is 6.46. The van der Waals surface area contributed by atoms with E-state index in [9.17, 15) is 13.2 Å². The maximum Gasteiger partial charge on any atom is 0.176 e. The lowest BCUT2D eigenvalue weighted by Gasteiger charge is -2.25. The highest BCUT2D eigenvalue weighted by Crippen LogP contribution is 2.37. The Kier molecular flexibility index (Phi) is 4.00. The molecule has 1 nitrogen and oxygen atoms in total. The van der Waals surface area contributed by atoms with Crippen molar-refractivity contribution in [2.45, 2.75) is 25.3 Å². The Bertz CT molecular complexity index is 418. The normalized spacial score (nSPS) is 20.6. The molecule has 1 saturated heterocycles.